The van der Waals surface area contributed by atoms with Gasteiger partial charge in [0.2, 0.25) is 5.91 Å². The first kappa shape index (κ1) is 24.3. The van der Waals surface area contributed by atoms with E-state index in [4.69, 9.17) is 4.74 Å². The predicted molar refractivity (Wildman–Crippen MR) is 128 cm³/mol. The zero-order chi connectivity index (χ0) is 25.3. The van der Waals surface area contributed by atoms with Gasteiger partial charge in [-0.05, 0) is 61.6 Å². The van der Waals surface area contributed by atoms with Gasteiger partial charge in [-0.2, -0.15) is 15.0 Å². The summed E-state index contributed by atoms with van der Waals surface area (Å²) in [5, 5.41) is 25.6. The molecule has 0 radical (unpaired) electrons. The summed E-state index contributed by atoms with van der Waals surface area (Å²) >= 11 is 0. The van der Waals surface area contributed by atoms with Crippen molar-refractivity contribution in [3.05, 3.63) is 71.6 Å². The molecule has 0 unspecified atom stereocenters. The lowest BCUT2D eigenvalue weighted by Gasteiger charge is -2.48. The van der Waals surface area contributed by atoms with Gasteiger partial charge in [0.1, 0.15) is 23.0 Å². The van der Waals surface area contributed by atoms with E-state index in [1.54, 1.807) is 12.4 Å². The van der Waals surface area contributed by atoms with Crippen molar-refractivity contribution in [3.8, 4) is 11.4 Å². The van der Waals surface area contributed by atoms with Crippen molar-refractivity contribution in [2.24, 2.45) is 0 Å². The van der Waals surface area contributed by atoms with Crippen LogP contribution in [0.2, 0.25) is 0 Å². The van der Waals surface area contributed by atoms with Crippen LogP contribution in [0.5, 0.6) is 5.75 Å². The molecule has 0 bridgehead atoms. The third-order valence-corrected chi connectivity index (χ3v) is 6.99. The van der Waals surface area contributed by atoms with Crippen LogP contribution in [0, 0.1) is 11.6 Å². The summed E-state index contributed by atoms with van der Waals surface area (Å²) in [5.41, 5.74) is 1.87. The first-order valence-electron chi connectivity index (χ1n) is 12.1. The van der Waals surface area contributed by atoms with Gasteiger partial charge in [-0.3, -0.25) is 4.79 Å². The van der Waals surface area contributed by atoms with E-state index in [1.807, 2.05) is 18.2 Å². The van der Waals surface area contributed by atoms with Crippen LogP contribution in [0.25, 0.3) is 5.69 Å². The molecule has 36 heavy (non-hydrogen) atoms. The maximum atomic E-state index is 13.7. The fourth-order valence-electron chi connectivity index (χ4n) is 5.12. The zero-order valence-electron chi connectivity index (χ0n) is 20.0. The average molecular weight is 498 g/mol. The number of hydrogen-bond acceptors (Lipinski definition) is 6. The highest BCUT2D eigenvalue weighted by Gasteiger charge is 2.45. The SMILES string of the molecule is CC(=O)N[C@@H](Cc1cc(F)cc(F)c1)[C@@H](O)CN[C@H]1CC2(CCC2)Oc2ccc(-n3nccn3)cc21. The number of ether oxygens (including phenoxy) is 1. The standard InChI is InChI=1S/C26H29F2N5O3/c1-16(34)32-22(11-17-9-18(27)12-19(28)10-17)24(35)15-29-23-14-26(5-2-6-26)36-25-4-3-20(13-21(23)25)33-30-7-8-31-33/h3-4,7-10,12-13,22-24,29,35H,2,5-6,11,14-15H2,1H3,(H,32,34)/t22-,23-,24-/m0/s1. The molecular weight excluding hydrogens is 468 g/mol. The molecule has 5 rings (SSSR count). The number of carbonyl (C=O) groups is 1. The number of nitrogens with zero attached hydrogens (tertiary/aromatic N) is 3. The second kappa shape index (κ2) is 9.94. The lowest BCUT2D eigenvalue weighted by molar-refractivity contribution is -0.120. The molecule has 1 saturated carbocycles. The molecular formula is C26H29F2N5O3. The molecule has 1 aliphatic carbocycles. The van der Waals surface area contributed by atoms with Crippen LogP contribution < -0.4 is 15.4 Å². The number of fused-ring (bicyclic) bond motifs is 1. The largest absolute Gasteiger partial charge is 0.487 e. The van der Waals surface area contributed by atoms with Crippen LogP contribution in [0.1, 0.15) is 49.8 Å². The van der Waals surface area contributed by atoms with Gasteiger partial charge in [0.05, 0.1) is 30.2 Å². The van der Waals surface area contributed by atoms with Crippen LogP contribution in [-0.4, -0.2) is 50.3 Å². The minimum atomic E-state index is -1.00. The Labute approximate surface area is 207 Å². The Morgan fingerprint density at radius 3 is 2.56 bits per heavy atom. The highest BCUT2D eigenvalue weighted by atomic mass is 19.1. The first-order chi connectivity index (χ1) is 17.3. The Kier molecular flexibility index (Phi) is 6.72. The van der Waals surface area contributed by atoms with Crippen LogP contribution in [0.4, 0.5) is 8.78 Å². The minimum Gasteiger partial charge on any atom is -0.487 e. The Balaban J connectivity index is 1.34. The number of halogens is 2. The van der Waals surface area contributed by atoms with Crippen LogP contribution in [0.3, 0.4) is 0 Å². The van der Waals surface area contributed by atoms with Crippen molar-refractivity contribution in [2.75, 3.05) is 6.54 Å². The lowest BCUT2D eigenvalue weighted by atomic mass is 9.73. The number of benzene rings is 2. The Hall–Kier alpha value is -3.37. The van der Waals surface area contributed by atoms with E-state index in [0.29, 0.717) is 5.56 Å². The summed E-state index contributed by atoms with van der Waals surface area (Å²) in [6.45, 7) is 1.51. The third kappa shape index (κ3) is 5.24. The molecule has 10 heteroatoms. The molecule has 2 heterocycles. The van der Waals surface area contributed by atoms with Crippen molar-refractivity contribution in [1.29, 1.82) is 0 Å². The highest BCUT2D eigenvalue weighted by molar-refractivity contribution is 5.73. The number of carbonyl (C=O) groups excluding carboxylic acids is 1. The highest BCUT2D eigenvalue weighted by Crippen LogP contribution is 2.49. The van der Waals surface area contributed by atoms with Crippen molar-refractivity contribution >= 4 is 5.91 Å². The molecule has 3 aromatic rings. The van der Waals surface area contributed by atoms with E-state index >= 15 is 0 Å². The second-order valence-corrected chi connectivity index (χ2v) is 9.70. The summed E-state index contributed by atoms with van der Waals surface area (Å²) in [5.74, 6) is -0.952. The van der Waals surface area contributed by atoms with Gasteiger partial charge in [0, 0.05) is 37.6 Å². The van der Waals surface area contributed by atoms with E-state index in [0.717, 1.165) is 48.8 Å². The molecule has 2 aliphatic rings. The van der Waals surface area contributed by atoms with E-state index in [2.05, 4.69) is 20.8 Å². The summed E-state index contributed by atoms with van der Waals surface area (Å²) in [6.07, 6.45) is 6.08. The monoisotopic (exact) mass is 497 g/mol. The number of amides is 1. The average Bonchev–Trinajstić information content (AvgIpc) is 3.34. The molecule has 1 spiro atoms. The first-order valence-corrected chi connectivity index (χ1v) is 12.1. The number of rotatable bonds is 8. The summed E-state index contributed by atoms with van der Waals surface area (Å²) in [7, 11) is 0. The quantitative estimate of drug-likeness (QED) is 0.442. The van der Waals surface area contributed by atoms with Gasteiger partial charge < -0.3 is 20.5 Å². The smallest absolute Gasteiger partial charge is 0.217 e. The molecule has 1 aromatic heterocycles. The summed E-state index contributed by atoms with van der Waals surface area (Å²) in [4.78, 5) is 13.3. The fraction of sp³-hybridized carbons (Fsp3) is 0.423. The zero-order valence-corrected chi connectivity index (χ0v) is 20.0. The number of hydrogen-bond donors (Lipinski definition) is 3. The van der Waals surface area contributed by atoms with Gasteiger partial charge in [0.25, 0.3) is 0 Å². The van der Waals surface area contributed by atoms with Crippen LogP contribution >= 0.6 is 0 Å². The lowest BCUT2D eigenvalue weighted by Crippen LogP contribution is -2.52. The van der Waals surface area contributed by atoms with Gasteiger partial charge in [-0.25, -0.2) is 8.78 Å². The van der Waals surface area contributed by atoms with E-state index in [1.165, 1.54) is 23.9 Å². The second-order valence-electron chi connectivity index (χ2n) is 9.70. The van der Waals surface area contributed by atoms with Gasteiger partial charge in [-0.15, -0.1) is 0 Å². The maximum absolute atomic E-state index is 13.7. The summed E-state index contributed by atoms with van der Waals surface area (Å²) < 4.78 is 33.8. The Morgan fingerprint density at radius 1 is 1.19 bits per heavy atom. The molecule has 3 N–H and O–H groups in total. The number of nitrogens with one attached hydrogen (secondary N) is 2. The number of aliphatic hydroxyl groups excluding tert-OH is 1. The van der Waals surface area contributed by atoms with Gasteiger partial charge in [-0.1, -0.05) is 0 Å². The third-order valence-electron chi connectivity index (χ3n) is 6.99. The Morgan fingerprint density at radius 2 is 1.92 bits per heavy atom. The molecule has 1 fully saturated rings. The van der Waals surface area contributed by atoms with Crippen molar-refractivity contribution in [2.45, 2.75) is 62.8 Å². The molecule has 2 aromatic carbocycles. The summed E-state index contributed by atoms with van der Waals surface area (Å²) in [6, 6.07) is 8.18. The van der Waals surface area contributed by atoms with Gasteiger partial charge in [0.15, 0.2) is 0 Å². The molecule has 190 valence electrons. The minimum absolute atomic E-state index is 0.0839. The van der Waals surface area contributed by atoms with E-state index < -0.39 is 23.8 Å². The normalized spacial score (nSPS) is 19.6. The van der Waals surface area contributed by atoms with Crippen molar-refractivity contribution in [1.82, 2.24) is 25.6 Å². The molecule has 1 amide bonds. The van der Waals surface area contributed by atoms with Gasteiger partial charge >= 0.3 is 0 Å². The molecule has 0 saturated heterocycles. The topological polar surface area (TPSA) is 101 Å². The maximum Gasteiger partial charge on any atom is 0.217 e. The van der Waals surface area contributed by atoms with Crippen molar-refractivity contribution < 1.29 is 23.4 Å². The van der Waals surface area contributed by atoms with Crippen molar-refractivity contribution in [3.63, 3.8) is 0 Å². The predicted octanol–water partition coefficient (Wildman–Crippen LogP) is 2.99. The Bertz CT molecular complexity index is 1210. The molecule has 8 nitrogen and oxygen atoms in total. The number of aromatic nitrogens is 3. The van der Waals surface area contributed by atoms with Crippen LogP contribution in [0.15, 0.2) is 48.8 Å². The van der Waals surface area contributed by atoms with E-state index in [-0.39, 0.29) is 30.5 Å². The molecule has 3 atom stereocenters. The number of aliphatic hydroxyl groups is 1. The fourth-order valence-corrected chi connectivity index (χ4v) is 5.12. The van der Waals surface area contributed by atoms with E-state index in [9.17, 15) is 18.7 Å². The molecule has 1 aliphatic heterocycles. The van der Waals surface area contributed by atoms with Crippen LogP contribution in [-0.2, 0) is 11.2 Å².